The maximum absolute atomic E-state index is 12.2. The van der Waals surface area contributed by atoms with Crippen LogP contribution in [-0.4, -0.2) is 39.5 Å². The molecule has 0 aliphatic heterocycles. The minimum absolute atomic E-state index is 0.193. The van der Waals surface area contributed by atoms with Crippen molar-refractivity contribution in [2.24, 2.45) is 0 Å². The summed E-state index contributed by atoms with van der Waals surface area (Å²) in [6.07, 6.45) is 0.790. The zero-order valence-corrected chi connectivity index (χ0v) is 15.7. The molecule has 1 amide bonds. The van der Waals surface area contributed by atoms with Crippen LogP contribution in [-0.2, 0) is 22.5 Å². The number of nitrogens with zero attached hydrogens (tertiary/aromatic N) is 3. The van der Waals surface area contributed by atoms with E-state index in [9.17, 15) is 9.59 Å². The normalized spacial score (nSPS) is 10.7. The lowest BCUT2D eigenvalue weighted by molar-refractivity contribution is -0.113. The number of amides is 1. The minimum atomic E-state index is -0.449. The molecule has 0 saturated carbocycles. The van der Waals surface area contributed by atoms with Crippen LogP contribution in [0.1, 0.15) is 34.9 Å². The summed E-state index contributed by atoms with van der Waals surface area (Å²) in [7, 11) is 1.33. The van der Waals surface area contributed by atoms with Crippen molar-refractivity contribution in [1.29, 1.82) is 0 Å². The summed E-state index contributed by atoms with van der Waals surface area (Å²) in [6.45, 7) is 6.62. The molecule has 0 aliphatic carbocycles. The van der Waals surface area contributed by atoms with Crippen molar-refractivity contribution in [3.05, 3.63) is 22.3 Å². The van der Waals surface area contributed by atoms with Crippen LogP contribution in [0, 0.1) is 6.92 Å². The molecule has 2 heterocycles. The van der Waals surface area contributed by atoms with E-state index in [1.807, 2.05) is 25.3 Å². The van der Waals surface area contributed by atoms with E-state index >= 15 is 0 Å². The molecule has 0 fully saturated rings. The van der Waals surface area contributed by atoms with Gasteiger partial charge < -0.3 is 14.6 Å². The molecule has 0 spiro atoms. The molecule has 2 aromatic heterocycles. The first-order chi connectivity index (χ1) is 11.5. The van der Waals surface area contributed by atoms with Gasteiger partial charge in [0.2, 0.25) is 5.91 Å². The number of anilines is 1. The predicted molar refractivity (Wildman–Crippen MR) is 94.8 cm³/mol. The SMILES string of the molecule is CCc1cc(C(=O)OC)c(NC(=O)CSc2nnc(C)n2CC)s1. The summed E-state index contributed by atoms with van der Waals surface area (Å²) in [4.78, 5) is 25.0. The van der Waals surface area contributed by atoms with Gasteiger partial charge in [0.15, 0.2) is 5.16 Å². The first-order valence-electron chi connectivity index (χ1n) is 7.53. The molecule has 0 unspecified atom stereocenters. The lowest BCUT2D eigenvalue weighted by atomic mass is 10.2. The molecule has 0 radical (unpaired) electrons. The Morgan fingerprint density at radius 1 is 1.38 bits per heavy atom. The molecule has 7 nitrogen and oxygen atoms in total. The minimum Gasteiger partial charge on any atom is -0.465 e. The van der Waals surface area contributed by atoms with Crippen LogP contribution < -0.4 is 5.32 Å². The molecule has 2 aromatic rings. The van der Waals surface area contributed by atoms with Gasteiger partial charge in [0, 0.05) is 11.4 Å². The highest BCUT2D eigenvalue weighted by Crippen LogP contribution is 2.29. The number of ether oxygens (including phenoxy) is 1. The fourth-order valence-electron chi connectivity index (χ4n) is 2.10. The Balaban J connectivity index is 2.04. The molecule has 24 heavy (non-hydrogen) atoms. The number of carbonyl (C=O) groups excluding carboxylic acids is 2. The number of hydrogen-bond donors (Lipinski definition) is 1. The highest BCUT2D eigenvalue weighted by Gasteiger charge is 2.18. The molecule has 130 valence electrons. The van der Waals surface area contributed by atoms with Gasteiger partial charge in [0.25, 0.3) is 0 Å². The van der Waals surface area contributed by atoms with Crippen LogP contribution in [0.4, 0.5) is 5.00 Å². The highest BCUT2D eigenvalue weighted by atomic mass is 32.2. The van der Waals surface area contributed by atoms with E-state index in [2.05, 4.69) is 15.5 Å². The molecular weight excluding hydrogens is 348 g/mol. The van der Waals surface area contributed by atoms with E-state index < -0.39 is 5.97 Å². The number of methoxy groups -OCH3 is 1. The summed E-state index contributed by atoms with van der Waals surface area (Å²) in [6, 6.07) is 1.76. The molecule has 0 aliphatic rings. The standard InChI is InChI=1S/C15H20N4O3S2/c1-5-10-7-11(14(21)22-4)13(24-10)16-12(20)8-23-15-18-17-9(3)19(15)6-2/h7H,5-6,8H2,1-4H3,(H,16,20). The van der Waals surface area contributed by atoms with Gasteiger partial charge in [0.1, 0.15) is 10.8 Å². The maximum Gasteiger partial charge on any atom is 0.340 e. The Morgan fingerprint density at radius 2 is 2.12 bits per heavy atom. The van der Waals surface area contributed by atoms with Gasteiger partial charge in [0.05, 0.1) is 18.4 Å². The average Bonchev–Trinajstić information content (AvgIpc) is 3.15. The second kappa shape index (κ2) is 8.29. The summed E-state index contributed by atoms with van der Waals surface area (Å²) < 4.78 is 6.71. The molecule has 0 aromatic carbocycles. The first-order valence-corrected chi connectivity index (χ1v) is 9.33. The molecule has 0 atom stereocenters. The first kappa shape index (κ1) is 18.5. The van der Waals surface area contributed by atoms with Gasteiger partial charge in [-0.3, -0.25) is 4.79 Å². The molecule has 0 bridgehead atoms. The van der Waals surface area contributed by atoms with Gasteiger partial charge in [-0.25, -0.2) is 4.79 Å². The molecular formula is C15H20N4O3S2. The number of carbonyl (C=O) groups is 2. The van der Waals surface area contributed by atoms with Crippen molar-refractivity contribution in [2.75, 3.05) is 18.2 Å². The number of rotatable bonds is 7. The van der Waals surface area contributed by atoms with Crippen LogP contribution in [0.5, 0.6) is 0 Å². The number of hydrogen-bond acceptors (Lipinski definition) is 7. The third kappa shape index (κ3) is 4.15. The van der Waals surface area contributed by atoms with Crippen LogP contribution in [0.25, 0.3) is 0 Å². The van der Waals surface area contributed by atoms with E-state index in [0.29, 0.717) is 15.7 Å². The molecule has 9 heteroatoms. The fraction of sp³-hybridized carbons (Fsp3) is 0.467. The summed E-state index contributed by atoms with van der Waals surface area (Å²) >= 11 is 2.71. The Kier molecular flexibility index (Phi) is 6.38. The van der Waals surface area contributed by atoms with Crippen molar-refractivity contribution < 1.29 is 14.3 Å². The zero-order chi connectivity index (χ0) is 17.7. The highest BCUT2D eigenvalue weighted by molar-refractivity contribution is 7.99. The molecule has 0 saturated heterocycles. The number of esters is 1. The second-order valence-corrected chi connectivity index (χ2v) is 6.99. The van der Waals surface area contributed by atoms with Crippen molar-refractivity contribution in [3.63, 3.8) is 0 Å². The van der Waals surface area contributed by atoms with Crippen LogP contribution >= 0.6 is 23.1 Å². The second-order valence-electron chi connectivity index (χ2n) is 4.91. The van der Waals surface area contributed by atoms with Crippen molar-refractivity contribution in [1.82, 2.24) is 14.8 Å². The van der Waals surface area contributed by atoms with Gasteiger partial charge in [-0.2, -0.15) is 0 Å². The van der Waals surface area contributed by atoms with Crippen LogP contribution in [0.3, 0.4) is 0 Å². The van der Waals surface area contributed by atoms with E-state index in [0.717, 1.165) is 23.7 Å². The largest absolute Gasteiger partial charge is 0.465 e. The number of thiophene rings is 1. The number of aryl methyl sites for hydroxylation is 2. The average molecular weight is 368 g/mol. The summed E-state index contributed by atoms with van der Waals surface area (Å²) in [5.41, 5.74) is 0.394. The van der Waals surface area contributed by atoms with E-state index in [4.69, 9.17) is 4.74 Å². The third-order valence-electron chi connectivity index (χ3n) is 3.34. The molecule has 2 rings (SSSR count). The smallest absolute Gasteiger partial charge is 0.340 e. The molecule has 1 N–H and O–H groups in total. The Hall–Kier alpha value is -1.87. The van der Waals surface area contributed by atoms with Crippen LogP contribution in [0.2, 0.25) is 0 Å². The lowest BCUT2D eigenvalue weighted by Gasteiger charge is -2.06. The van der Waals surface area contributed by atoms with Gasteiger partial charge in [-0.05, 0) is 26.3 Å². The van der Waals surface area contributed by atoms with Crippen molar-refractivity contribution in [3.8, 4) is 0 Å². The van der Waals surface area contributed by atoms with Crippen molar-refractivity contribution >= 4 is 40.0 Å². The number of thioether (sulfide) groups is 1. The Morgan fingerprint density at radius 3 is 2.75 bits per heavy atom. The van der Waals surface area contributed by atoms with E-state index in [1.54, 1.807) is 6.07 Å². The number of nitrogens with one attached hydrogen (secondary N) is 1. The summed E-state index contributed by atoms with van der Waals surface area (Å²) in [5.74, 6) is 0.366. The summed E-state index contributed by atoms with van der Waals surface area (Å²) in [5, 5.41) is 12.1. The monoisotopic (exact) mass is 368 g/mol. The lowest BCUT2D eigenvalue weighted by Crippen LogP contribution is -2.16. The predicted octanol–water partition coefficient (Wildman–Crippen LogP) is 2.75. The van der Waals surface area contributed by atoms with Gasteiger partial charge in [-0.15, -0.1) is 21.5 Å². The Bertz CT molecular complexity index is 739. The van der Waals surface area contributed by atoms with Crippen molar-refractivity contribution in [2.45, 2.75) is 38.9 Å². The quantitative estimate of drug-likeness (QED) is 0.597. The zero-order valence-electron chi connectivity index (χ0n) is 14.1. The Labute approximate surface area is 148 Å². The number of aromatic nitrogens is 3. The third-order valence-corrected chi connectivity index (χ3v) is 5.50. The van der Waals surface area contributed by atoms with Gasteiger partial charge in [-0.1, -0.05) is 18.7 Å². The van der Waals surface area contributed by atoms with E-state index in [-0.39, 0.29) is 11.7 Å². The maximum atomic E-state index is 12.2. The fourth-order valence-corrected chi connectivity index (χ4v) is 3.94. The van der Waals surface area contributed by atoms with Crippen LogP contribution in [0.15, 0.2) is 11.2 Å². The van der Waals surface area contributed by atoms with E-state index in [1.165, 1.54) is 30.2 Å². The van der Waals surface area contributed by atoms with Gasteiger partial charge >= 0.3 is 5.97 Å². The topological polar surface area (TPSA) is 86.1 Å².